The summed E-state index contributed by atoms with van der Waals surface area (Å²) >= 11 is 6.71. The van der Waals surface area contributed by atoms with Gasteiger partial charge in [0.1, 0.15) is 18.6 Å². The molecule has 1 aromatic carbocycles. The summed E-state index contributed by atoms with van der Waals surface area (Å²) in [6.45, 7) is 5.56. The molecule has 39 heavy (non-hydrogen) atoms. The van der Waals surface area contributed by atoms with Gasteiger partial charge in [-0.2, -0.15) is 9.97 Å². The van der Waals surface area contributed by atoms with Crippen LogP contribution in [0.25, 0.3) is 0 Å². The average molecular weight is 553 g/mol. The number of benzene rings is 1. The molecule has 0 spiro atoms. The molecule has 4 saturated heterocycles. The molecule has 2 bridgehead atoms. The second-order valence-electron chi connectivity index (χ2n) is 12.8. The molecule has 6 heterocycles. The van der Waals surface area contributed by atoms with Gasteiger partial charge in [0.05, 0.1) is 17.8 Å². The lowest BCUT2D eigenvalue weighted by molar-refractivity contribution is 0.107. The number of fused-ring (bicyclic) bond motifs is 4. The topological polar surface area (TPSA) is 56.8 Å². The number of nitrogens with one attached hydrogen (secondary N) is 1. The number of piperazine rings is 1. The van der Waals surface area contributed by atoms with Gasteiger partial charge < -0.3 is 19.9 Å². The zero-order valence-electron chi connectivity index (χ0n) is 22.5. The molecule has 1 aliphatic carbocycles. The third-order valence-corrected chi connectivity index (χ3v) is 10.5. The van der Waals surface area contributed by atoms with Crippen LogP contribution in [0.15, 0.2) is 18.2 Å². The van der Waals surface area contributed by atoms with Crippen molar-refractivity contribution in [3.05, 3.63) is 40.0 Å². The maximum absolute atomic E-state index is 14.4. The van der Waals surface area contributed by atoms with Crippen molar-refractivity contribution in [2.24, 2.45) is 0 Å². The van der Waals surface area contributed by atoms with Crippen LogP contribution in [-0.2, 0) is 13.0 Å². The van der Waals surface area contributed by atoms with Gasteiger partial charge in [-0.25, -0.2) is 4.39 Å². The average Bonchev–Trinajstić information content (AvgIpc) is 3.52. The van der Waals surface area contributed by atoms with Crippen LogP contribution in [0.5, 0.6) is 6.01 Å². The molecule has 5 fully saturated rings. The van der Waals surface area contributed by atoms with Gasteiger partial charge in [-0.05, 0) is 75.1 Å². The van der Waals surface area contributed by atoms with Crippen molar-refractivity contribution in [2.45, 2.75) is 87.6 Å². The highest BCUT2D eigenvalue weighted by atomic mass is 35.5. The second kappa shape index (κ2) is 9.45. The number of hydrogen-bond acceptors (Lipinski definition) is 7. The van der Waals surface area contributed by atoms with Gasteiger partial charge in [0.2, 0.25) is 0 Å². The minimum absolute atomic E-state index is 0.209. The first-order valence-electron chi connectivity index (χ1n) is 15.0. The molecule has 4 atom stereocenters. The molecule has 0 radical (unpaired) electrons. The Bertz CT molecular complexity index is 1260. The largest absolute Gasteiger partial charge is 0.461 e. The van der Waals surface area contributed by atoms with Gasteiger partial charge in [0, 0.05) is 61.0 Å². The van der Waals surface area contributed by atoms with Crippen molar-refractivity contribution in [1.29, 1.82) is 0 Å². The quantitative estimate of drug-likeness (QED) is 0.567. The highest BCUT2D eigenvalue weighted by Crippen LogP contribution is 2.48. The van der Waals surface area contributed by atoms with Gasteiger partial charge in [-0.3, -0.25) is 4.90 Å². The van der Waals surface area contributed by atoms with Crippen LogP contribution in [0.3, 0.4) is 0 Å². The van der Waals surface area contributed by atoms with Crippen LogP contribution in [0.4, 0.5) is 15.9 Å². The van der Waals surface area contributed by atoms with E-state index < -0.39 is 6.17 Å². The number of rotatable bonds is 6. The van der Waals surface area contributed by atoms with Crippen molar-refractivity contribution in [3.63, 3.8) is 0 Å². The van der Waals surface area contributed by atoms with Gasteiger partial charge in [-0.1, -0.05) is 17.7 Å². The summed E-state index contributed by atoms with van der Waals surface area (Å²) in [6, 6.07) is 7.82. The standard InChI is InChI=1S/C30H38ClFN6O/c31-24-3-1-4-26(27(24)19-5-6-19)36-12-9-23-25(17-36)34-29(35-28(23)37-15-21-7-8-22(16-37)33-21)39-18-30-10-2-11-38(30)14-20(32)13-30/h1,3-4,19-22,33H,2,5-18H2/t20-,21?,22?,30+/m1/s1. The molecule has 0 amide bonds. The highest BCUT2D eigenvalue weighted by molar-refractivity contribution is 6.31. The molecule has 1 aromatic heterocycles. The summed E-state index contributed by atoms with van der Waals surface area (Å²) < 4.78 is 20.8. The summed E-state index contributed by atoms with van der Waals surface area (Å²) in [6.07, 6.45) is 7.68. The van der Waals surface area contributed by atoms with Crippen LogP contribution < -0.4 is 19.9 Å². The van der Waals surface area contributed by atoms with E-state index >= 15 is 0 Å². The Hall–Kier alpha value is -2.16. The van der Waals surface area contributed by atoms with Crippen LogP contribution in [0.2, 0.25) is 5.02 Å². The maximum Gasteiger partial charge on any atom is 0.318 e. The van der Waals surface area contributed by atoms with Crippen LogP contribution in [-0.4, -0.2) is 78.0 Å². The zero-order valence-corrected chi connectivity index (χ0v) is 23.3. The number of hydrogen-bond donors (Lipinski definition) is 1. The van der Waals surface area contributed by atoms with Gasteiger partial charge >= 0.3 is 6.01 Å². The molecule has 208 valence electrons. The predicted molar refractivity (Wildman–Crippen MR) is 151 cm³/mol. The van der Waals surface area contributed by atoms with Gasteiger partial charge in [-0.15, -0.1) is 0 Å². The molecule has 1 saturated carbocycles. The van der Waals surface area contributed by atoms with E-state index in [1.165, 1.54) is 42.5 Å². The van der Waals surface area contributed by atoms with Crippen LogP contribution in [0, 0.1) is 0 Å². The number of halogens is 2. The number of anilines is 2. The van der Waals surface area contributed by atoms with E-state index in [1.54, 1.807) is 0 Å². The van der Waals surface area contributed by atoms with Crippen molar-refractivity contribution in [2.75, 3.05) is 49.1 Å². The lowest BCUT2D eigenvalue weighted by Gasteiger charge is -2.38. The Balaban J connectivity index is 1.12. The van der Waals surface area contributed by atoms with E-state index in [4.69, 9.17) is 26.3 Å². The number of aromatic nitrogens is 2. The molecule has 9 heteroatoms. The third-order valence-electron chi connectivity index (χ3n) is 10.1. The molecule has 1 N–H and O–H groups in total. The lowest BCUT2D eigenvalue weighted by atomic mass is 9.95. The highest BCUT2D eigenvalue weighted by Gasteiger charge is 2.49. The Morgan fingerprint density at radius 1 is 1.05 bits per heavy atom. The summed E-state index contributed by atoms with van der Waals surface area (Å²) in [4.78, 5) is 17.3. The Labute approximate surface area is 235 Å². The van der Waals surface area contributed by atoms with Crippen LogP contribution in [0.1, 0.15) is 67.7 Å². The van der Waals surface area contributed by atoms with E-state index in [1.807, 2.05) is 6.07 Å². The third kappa shape index (κ3) is 4.38. The Morgan fingerprint density at radius 3 is 2.72 bits per heavy atom. The Morgan fingerprint density at radius 2 is 1.90 bits per heavy atom. The zero-order chi connectivity index (χ0) is 26.1. The summed E-state index contributed by atoms with van der Waals surface area (Å²) in [5.41, 5.74) is 4.66. The molecular weight excluding hydrogens is 515 g/mol. The normalized spacial score (nSPS) is 32.0. The fraction of sp³-hybridized carbons (Fsp3) is 0.667. The van der Waals surface area contributed by atoms with Crippen molar-refractivity contribution < 1.29 is 9.13 Å². The lowest BCUT2D eigenvalue weighted by Crippen LogP contribution is -2.52. The first-order chi connectivity index (χ1) is 19.0. The molecule has 7 nitrogen and oxygen atoms in total. The van der Waals surface area contributed by atoms with E-state index in [-0.39, 0.29) is 5.54 Å². The molecule has 2 aromatic rings. The maximum atomic E-state index is 14.4. The summed E-state index contributed by atoms with van der Waals surface area (Å²) in [5.74, 6) is 1.63. The monoisotopic (exact) mass is 552 g/mol. The van der Waals surface area contributed by atoms with E-state index in [9.17, 15) is 4.39 Å². The van der Waals surface area contributed by atoms with Gasteiger partial charge in [0.15, 0.2) is 0 Å². The molecule has 2 unspecified atom stereocenters. The second-order valence-corrected chi connectivity index (χ2v) is 13.2. The minimum atomic E-state index is -0.767. The van der Waals surface area contributed by atoms with Crippen molar-refractivity contribution in [3.8, 4) is 6.01 Å². The Kier molecular flexibility index (Phi) is 5.97. The molecule has 5 aliphatic heterocycles. The van der Waals surface area contributed by atoms with Crippen molar-refractivity contribution >= 4 is 23.1 Å². The van der Waals surface area contributed by atoms with E-state index in [2.05, 4.69) is 32.1 Å². The van der Waals surface area contributed by atoms with E-state index in [0.717, 1.165) is 68.5 Å². The molecule has 8 rings (SSSR count). The van der Waals surface area contributed by atoms with Crippen molar-refractivity contribution in [1.82, 2.24) is 20.2 Å². The summed E-state index contributed by atoms with van der Waals surface area (Å²) in [5, 5.41) is 4.64. The molecule has 6 aliphatic rings. The first kappa shape index (κ1) is 24.6. The molecular formula is C30H38ClFN6O. The predicted octanol–water partition coefficient (Wildman–Crippen LogP) is 4.47. The van der Waals surface area contributed by atoms with Crippen LogP contribution >= 0.6 is 11.6 Å². The summed E-state index contributed by atoms with van der Waals surface area (Å²) in [7, 11) is 0. The smallest absolute Gasteiger partial charge is 0.318 e. The van der Waals surface area contributed by atoms with Gasteiger partial charge in [0.25, 0.3) is 0 Å². The number of alkyl halides is 1. The SMILES string of the molecule is F[C@H]1CN2CCC[C@@]2(COc2nc3c(c(N4CC5CCC(C4)N5)n2)CCN(c2cccc(Cl)c2C2CC2)C3)C1. The number of ether oxygens (including phenoxy) is 1. The fourth-order valence-electron chi connectivity index (χ4n) is 8.12. The minimum Gasteiger partial charge on any atom is -0.461 e. The number of nitrogens with zero attached hydrogens (tertiary/aromatic N) is 5. The first-order valence-corrected chi connectivity index (χ1v) is 15.4. The van der Waals surface area contributed by atoms with E-state index in [0.29, 0.717) is 43.6 Å². The fourth-order valence-corrected chi connectivity index (χ4v) is 8.44.